The lowest BCUT2D eigenvalue weighted by Crippen LogP contribution is -3.08. The first-order chi connectivity index (χ1) is 10.9. The molecule has 0 saturated carbocycles. The van der Waals surface area contributed by atoms with E-state index in [0.717, 1.165) is 16.1 Å². The van der Waals surface area contributed by atoms with Crippen molar-refractivity contribution in [1.82, 2.24) is 4.57 Å². The first-order valence-electron chi connectivity index (χ1n) is 7.49. The largest absolute Gasteiger partial charge is 0.507 e. The number of hydrogen-bond donors (Lipinski definition) is 3. The number of quaternary nitrogens is 1. The van der Waals surface area contributed by atoms with Gasteiger partial charge in [0.1, 0.15) is 18.8 Å². The molecule has 0 aliphatic rings. The lowest BCUT2D eigenvalue weighted by Gasteiger charge is -2.14. The number of aliphatic hydroxyl groups excluding tert-OH is 1. The first kappa shape index (κ1) is 17.8. The lowest BCUT2D eigenvalue weighted by molar-refractivity contribution is -0.894. The van der Waals surface area contributed by atoms with Crippen LogP contribution in [-0.2, 0) is 18.3 Å². The number of carbonyl (C=O) groups excluding carboxylic acids is 1. The van der Waals surface area contributed by atoms with Crippen LogP contribution in [0.2, 0.25) is 0 Å². The van der Waals surface area contributed by atoms with E-state index in [1.807, 2.05) is 18.7 Å². The molecule has 1 atom stereocenters. The molecular formula is C16H22BrN2O4+. The van der Waals surface area contributed by atoms with Crippen molar-refractivity contribution in [3.8, 4) is 5.75 Å². The van der Waals surface area contributed by atoms with Gasteiger partial charge in [0.2, 0.25) is 0 Å². The van der Waals surface area contributed by atoms with E-state index in [0.29, 0.717) is 28.5 Å². The Morgan fingerprint density at radius 2 is 2.13 bits per heavy atom. The summed E-state index contributed by atoms with van der Waals surface area (Å²) >= 11 is 3.31. The molecule has 0 radical (unpaired) electrons. The SMILES string of the molecule is CCOC(=O)c1c(C[NH+](C)CCO)n(C)c2cc(Br)c(O)cc12. The number of rotatable bonds is 6. The number of aromatic hydroxyl groups is 1. The summed E-state index contributed by atoms with van der Waals surface area (Å²) in [7, 11) is 3.84. The zero-order chi connectivity index (χ0) is 17.1. The number of nitrogens with one attached hydrogen (secondary N) is 1. The van der Waals surface area contributed by atoms with Crippen LogP contribution in [0.5, 0.6) is 5.75 Å². The van der Waals surface area contributed by atoms with Gasteiger partial charge in [0.25, 0.3) is 0 Å². The van der Waals surface area contributed by atoms with Crippen molar-refractivity contribution in [3.63, 3.8) is 0 Å². The highest BCUT2D eigenvalue weighted by Crippen LogP contribution is 2.34. The van der Waals surface area contributed by atoms with Gasteiger partial charge in [-0.05, 0) is 35.0 Å². The number of aliphatic hydroxyl groups is 1. The van der Waals surface area contributed by atoms with Gasteiger partial charge in [0, 0.05) is 12.4 Å². The minimum Gasteiger partial charge on any atom is -0.507 e. The molecule has 6 nitrogen and oxygen atoms in total. The van der Waals surface area contributed by atoms with Crippen molar-refractivity contribution in [3.05, 3.63) is 27.9 Å². The summed E-state index contributed by atoms with van der Waals surface area (Å²) in [6.45, 7) is 3.28. The second-order valence-corrected chi connectivity index (χ2v) is 6.38. The highest BCUT2D eigenvalue weighted by molar-refractivity contribution is 9.10. The van der Waals surface area contributed by atoms with E-state index in [1.54, 1.807) is 19.1 Å². The smallest absolute Gasteiger partial charge is 0.340 e. The number of phenolic OH excluding ortho intramolecular Hbond substituents is 1. The molecule has 1 heterocycles. The third-order valence-corrected chi connectivity index (χ3v) is 4.51. The summed E-state index contributed by atoms with van der Waals surface area (Å²) in [5.74, 6) is -0.317. The number of hydrogen-bond acceptors (Lipinski definition) is 4. The maximum atomic E-state index is 12.4. The van der Waals surface area contributed by atoms with Crippen LogP contribution < -0.4 is 4.90 Å². The Balaban J connectivity index is 2.64. The van der Waals surface area contributed by atoms with Crippen LogP contribution in [0.4, 0.5) is 0 Å². The molecule has 0 saturated heterocycles. The molecule has 0 amide bonds. The quantitative estimate of drug-likeness (QED) is 0.643. The first-order valence-corrected chi connectivity index (χ1v) is 8.29. The van der Waals surface area contributed by atoms with E-state index in [-0.39, 0.29) is 19.0 Å². The average molecular weight is 386 g/mol. The number of ether oxygens (including phenoxy) is 1. The van der Waals surface area contributed by atoms with E-state index in [1.165, 1.54) is 0 Å². The molecule has 0 aliphatic heterocycles. The molecule has 7 heteroatoms. The fraction of sp³-hybridized carbons (Fsp3) is 0.438. The van der Waals surface area contributed by atoms with Crippen molar-refractivity contribution in [2.75, 3.05) is 26.8 Å². The predicted molar refractivity (Wildman–Crippen MR) is 90.8 cm³/mol. The number of carbonyl (C=O) groups is 1. The molecule has 0 aliphatic carbocycles. The topological polar surface area (TPSA) is 76.1 Å². The number of fused-ring (bicyclic) bond motifs is 1. The fourth-order valence-electron chi connectivity index (χ4n) is 2.70. The highest BCUT2D eigenvalue weighted by Gasteiger charge is 2.25. The maximum Gasteiger partial charge on any atom is 0.340 e. The summed E-state index contributed by atoms with van der Waals surface area (Å²) in [4.78, 5) is 13.5. The molecule has 0 bridgehead atoms. The molecule has 0 fully saturated rings. The second kappa shape index (κ2) is 7.33. The Kier molecular flexibility index (Phi) is 5.67. The zero-order valence-corrected chi connectivity index (χ0v) is 15.1. The summed E-state index contributed by atoms with van der Waals surface area (Å²) in [6.07, 6.45) is 0. The minimum absolute atomic E-state index is 0.0799. The Morgan fingerprint density at radius 3 is 2.74 bits per heavy atom. The third-order valence-electron chi connectivity index (χ3n) is 3.88. The summed E-state index contributed by atoms with van der Waals surface area (Å²) < 4.78 is 7.71. The molecule has 0 spiro atoms. The maximum absolute atomic E-state index is 12.4. The number of benzene rings is 1. The normalized spacial score (nSPS) is 12.6. The Labute approximate surface area is 143 Å². The van der Waals surface area contributed by atoms with Gasteiger partial charge in [-0.3, -0.25) is 0 Å². The van der Waals surface area contributed by atoms with E-state index < -0.39 is 5.97 Å². The molecule has 3 N–H and O–H groups in total. The van der Waals surface area contributed by atoms with Crippen molar-refractivity contribution >= 4 is 32.8 Å². The average Bonchev–Trinajstić information content (AvgIpc) is 2.73. The Bertz CT molecular complexity index is 727. The lowest BCUT2D eigenvalue weighted by atomic mass is 10.1. The van der Waals surface area contributed by atoms with Gasteiger partial charge in [-0.2, -0.15) is 0 Å². The van der Waals surface area contributed by atoms with Gasteiger partial charge >= 0.3 is 5.97 Å². The second-order valence-electron chi connectivity index (χ2n) is 5.53. The van der Waals surface area contributed by atoms with E-state index in [2.05, 4.69) is 15.9 Å². The number of nitrogens with zero attached hydrogens (tertiary/aromatic N) is 1. The monoisotopic (exact) mass is 385 g/mol. The summed E-state index contributed by atoms with van der Waals surface area (Å²) in [5, 5.41) is 19.7. The predicted octanol–water partition coefficient (Wildman–Crippen LogP) is 0.830. The van der Waals surface area contributed by atoms with Crippen LogP contribution in [0, 0.1) is 0 Å². The van der Waals surface area contributed by atoms with Gasteiger partial charge in [-0.15, -0.1) is 0 Å². The van der Waals surface area contributed by atoms with E-state index >= 15 is 0 Å². The molecule has 1 aromatic carbocycles. The van der Waals surface area contributed by atoms with Gasteiger partial charge in [0.15, 0.2) is 0 Å². The van der Waals surface area contributed by atoms with Crippen LogP contribution in [0.25, 0.3) is 10.9 Å². The third kappa shape index (κ3) is 3.52. The van der Waals surface area contributed by atoms with Gasteiger partial charge in [0.05, 0.1) is 41.5 Å². The van der Waals surface area contributed by atoms with Crippen molar-refractivity contribution in [2.45, 2.75) is 13.5 Å². The van der Waals surface area contributed by atoms with Crippen molar-refractivity contribution in [1.29, 1.82) is 0 Å². The number of aryl methyl sites for hydroxylation is 1. The summed E-state index contributed by atoms with van der Waals surface area (Å²) in [5.41, 5.74) is 2.14. The zero-order valence-electron chi connectivity index (χ0n) is 13.5. The molecular weight excluding hydrogens is 364 g/mol. The van der Waals surface area contributed by atoms with Crippen LogP contribution in [0.1, 0.15) is 23.0 Å². The van der Waals surface area contributed by atoms with E-state index in [4.69, 9.17) is 9.84 Å². The van der Waals surface area contributed by atoms with Gasteiger partial charge in [-0.25, -0.2) is 4.79 Å². The van der Waals surface area contributed by atoms with Crippen molar-refractivity contribution < 1.29 is 24.6 Å². The molecule has 2 rings (SSSR count). The van der Waals surface area contributed by atoms with Crippen LogP contribution in [0.15, 0.2) is 16.6 Å². The number of aromatic nitrogens is 1. The van der Waals surface area contributed by atoms with Crippen LogP contribution in [-0.4, -0.2) is 47.6 Å². The van der Waals surface area contributed by atoms with Crippen LogP contribution in [0.3, 0.4) is 0 Å². The molecule has 1 aromatic heterocycles. The summed E-state index contributed by atoms with van der Waals surface area (Å²) in [6, 6.07) is 3.37. The fourth-order valence-corrected chi connectivity index (χ4v) is 3.03. The standard InChI is InChI=1S/C16H21BrN2O4/c1-4-23-16(22)15-10-7-14(21)11(17)8-12(10)19(3)13(15)9-18(2)5-6-20/h7-8,20-21H,4-6,9H2,1-3H3/p+1. The number of esters is 1. The molecule has 1 unspecified atom stereocenters. The molecule has 2 aromatic rings. The Morgan fingerprint density at radius 1 is 1.43 bits per heavy atom. The van der Waals surface area contributed by atoms with Crippen LogP contribution >= 0.6 is 15.9 Å². The molecule has 23 heavy (non-hydrogen) atoms. The van der Waals surface area contributed by atoms with Crippen molar-refractivity contribution in [2.24, 2.45) is 7.05 Å². The Hall–Kier alpha value is -1.57. The highest BCUT2D eigenvalue weighted by atomic mass is 79.9. The molecule has 126 valence electrons. The minimum atomic E-state index is -0.397. The van der Waals surface area contributed by atoms with Gasteiger partial charge < -0.3 is 24.4 Å². The number of likely N-dealkylation sites (N-methyl/N-ethyl adjacent to an activating group) is 1. The number of phenols is 1. The number of halogens is 1. The van der Waals surface area contributed by atoms with Gasteiger partial charge in [-0.1, -0.05) is 0 Å². The van der Waals surface area contributed by atoms with E-state index in [9.17, 15) is 9.90 Å².